The third-order valence-corrected chi connectivity index (χ3v) is 3.73. The molecule has 1 heterocycles. The molecule has 1 aromatic carbocycles. The van der Waals surface area contributed by atoms with Crippen LogP contribution in [0, 0.1) is 0 Å². The second-order valence-electron chi connectivity index (χ2n) is 5.40. The highest BCUT2D eigenvalue weighted by atomic mass is 16.2. The number of hydrogen-bond donors (Lipinski definition) is 1. The summed E-state index contributed by atoms with van der Waals surface area (Å²) in [6.45, 7) is 3.23. The maximum Gasteiger partial charge on any atom is 0.325 e. The number of ketones is 1. The lowest BCUT2D eigenvalue weighted by molar-refractivity contribution is -0.134. The first-order valence-corrected chi connectivity index (χ1v) is 7.20. The molecule has 112 valence electrons. The van der Waals surface area contributed by atoms with E-state index in [1.165, 1.54) is 6.92 Å². The molecule has 0 radical (unpaired) electrons. The number of unbranched alkanes of at least 4 members (excludes halogenated alkanes) is 1. The second-order valence-corrected chi connectivity index (χ2v) is 5.40. The van der Waals surface area contributed by atoms with Crippen LogP contribution in [0.25, 0.3) is 0 Å². The van der Waals surface area contributed by atoms with Gasteiger partial charge in [0.25, 0.3) is 5.91 Å². The van der Waals surface area contributed by atoms with E-state index in [9.17, 15) is 14.4 Å². The monoisotopic (exact) mass is 288 g/mol. The quantitative estimate of drug-likeness (QED) is 0.816. The minimum atomic E-state index is -1.04. The lowest BCUT2D eigenvalue weighted by Gasteiger charge is -2.27. The van der Waals surface area contributed by atoms with Gasteiger partial charge in [0.2, 0.25) is 0 Å². The Hall–Kier alpha value is -2.17. The number of urea groups is 1. The van der Waals surface area contributed by atoms with Crippen molar-refractivity contribution in [3.63, 3.8) is 0 Å². The van der Waals surface area contributed by atoms with E-state index in [4.69, 9.17) is 0 Å². The highest BCUT2D eigenvalue weighted by molar-refractivity contribution is 6.09. The Morgan fingerprint density at radius 3 is 2.48 bits per heavy atom. The number of amides is 3. The molecule has 1 fully saturated rings. The second kappa shape index (κ2) is 6.08. The van der Waals surface area contributed by atoms with Crippen molar-refractivity contribution >= 4 is 17.7 Å². The Kier molecular flexibility index (Phi) is 4.40. The minimum absolute atomic E-state index is 0.175. The Bertz CT molecular complexity index is 556. The van der Waals surface area contributed by atoms with Gasteiger partial charge >= 0.3 is 6.03 Å². The molecule has 1 aliphatic rings. The number of nitrogens with one attached hydrogen (secondary N) is 1. The smallest absolute Gasteiger partial charge is 0.319 e. The molecule has 2 rings (SSSR count). The van der Waals surface area contributed by atoms with E-state index in [0.717, 1.165) is 23.3 Å². The van der Waals surface area contributed by atoms with E-state index in [1.54, 1.807) is 0 Å². The van der Waals surface area contributed by atoms with E-state index >= 15 is 0 Å². The molecule has 1 saturated heterocycles. The summed E-state index contributed by atoms with van der Waals surface area (Å²) < 4.78 is 0. The first-order chi connectivity index (χ1) is 10.0. The molecular formula is C16H20N2O3. The molecule has 0 bridgehead atoms. The molecule has 1 unspecified atom stereocenters. The van der Waals surface area contributed by atoms with Gasteiger partial charge in [0.1, 0.15) is 11.3 Å². The molecule has 21 heavy (non-hydrogen) atoms. The average molecular weight is 288 g/mol. The highest BCUT2D eigenvalue weighted by Gasteiger charge is 2.51. The summed E-state index contributed by atoms with van der Waals surface area (Å²) in [4.78, 5) is 37.2. The number of hydrogen-bond acceptors (Lipinski definition) is 3. The SMILES string of the molecule is CCCCC1(c2ccccc2)NC(=O)N(CC(C)=O)C1=O. The Labute approximate surface area is 124 Å². The molecule has 1 aliphatic heterocycles. The van der Waals surface area contributed by atoms with Crippen LogP contribution in [0.3, 0.4) is 0 Å². The van der Waals surface area contributed by atoms with Crippen LogP contribution in [-0.2, 0) is 15.1 Å². The van der Waals surface area contributed by atoms with Crippen LogP contribution in [0.15, 0.2) is 30.3 Å². The van der Waals surface area contributed by atoms with Crippen LogP contribution in [0.5, 0.6) is 0 Å². The number of carbonyl (C=O) groups excluding carboxylic acids is 3. The predicted molar refractivity (Wildman–Crippen MR) is 78.6 cm³/mol. The number of benzene rings is 1. The van der Waals surface area contributed by atoms with Crippen LogP contribution >= 0.6 is 0 Å². The third kappa shape index (κ3) is 2.82. The Balaban J connectivity index is 2.40. The van der Waals surface area contributed by atoms with E-state index < -0.39 is 11.6 Å². The average Bonchev–Trinajstić information content (AvgIpc) is 2.71. The van der Waals surface area contributed by atoms with Crippen LogP contribution in [0.1, 0.15) is 38.7 Å². The summed E-state index contributed by atoms with van der Waals surface area (Å²) in [6, 6.07) is 8.74. The molecule has 5 heteroatoms. The first-order valence-electron chi connectivity index (χ1n) is 7.20. The fourth-order valence-electron chi connectivity index (χ4n) is 2.67. The molecule has 0 aromatic heterocycles. The molecule has 0 spiro atoms. The van der Waals surface area contributed by atoms with Gasteiger partial charge in [-0.25, -0.2) is 4.79 Å². The number of carbonyl (C=O) groups is 3. The van der Waals surface area contributed by atoms with Crippen molar-refractivity contribution in [3.8, 4) is 0 Å². The van der Waals surface area contributed by atoms with Gasteiger partial charge in [-0.1, -0.05) is 50.1 Å². The maximum absolute atomic E-state index is 12.8. The normalized spacial score (nSPS) is 21.5. The lowest BCUT2D eigenvalue weighted by atomic mass is 9.85. The van der Waals surface area contributed by atoms with Gasteiger partial charge in [-0.2, -0.15) is 0 Å². The molecule has 1 aromatic rings. The van der Waals surface area contributed by atoms with Gasteiger partial charge in [0.15, 0.2) is 0 Å². The van der Waals surface area contributed by atoms with E-state index in [0.29, 0.717) is 6.42 Å². The third-order valence-electron chi connectivity index (χ3n) is 3.73. The van der Waals surface area contributed by atoms with Gasteiger partial charge in [-0.05, 0) is 18.9 Å². The fraction of sp³-hybridized carbons (Fsp3) is 0.438. The zero-order valence-electron chi connectivity index (χ0n) is 12.4. The van der Waals surface area contributed by atoms with Crippen molar-refractivity contribution < 1.29 is 14.4 Å². The first kappa shape index (κ1) is 15.2. The van der Waals surface area contributed by atoms with Crippen LogP contribution < -0.4 is 5.32 Å². The summed E-state index contributed by atoms with van der Waals surface area (Å²) in [6.07, 6.45) is 2.27. The molecule has 1 atom stereocenters. The number of rotatable bonds is 6. The van der Waals surface area contributed by atoms with Crippen molar-refractivity contribution in [1.29, 1.82) is 0 Å². The fourth-order valence-corrected chi connectivity index (χ4v) is 2.67. The summed E-state index contributed by atoms with van der Waals surface area (Å²) in [5, 5.41) is 2.81. The molecule has 5 nitrogen and oxygen atoms in total. The summed E-state index contributed by atoms with van der Waals surface area (Å²) >= 11 is 0. The summed E-state index contributed by atoms with van der Waals surface area (Å²) in [5.41, 5.74) is -0.271. The summed E-state index contributed by atoms with van der Waals surface area (Å²) in [5.74, 6) is -0.541. The van der Waals surface area contributed by atoms with Crippen LogP contribution in [-0.4, -0.2) is 29.2 Å². The Morgan fingerprint density at radius 2 is 1.90 bits per heavy atom. The highest BCUT2D eigenvalue weighted by Crippen LogP contribution is 2.33. The zero-order chi connectivity index (χ0) is 15.5. The van der Waals surface area contributed by atoms with Crippen LogP contribution in [0.2, 0.25) is 0 Å². The number of Topliss-reactive ketones (excluding diaryl/α,β-unsaturated/α-hetero) is 1. The molecular weight excluding hydrogens is 268 g/mol. The van der Waals surface area contributed by atoms with Gasteiger partial charge in [0.05, 0.1) is 6.54 Å². The zero-order valence-corrected chi connectivity index (χ0v) is 12.4. The van der Waals surface area contributed by atoms with E-state index in [-0.39, 0.29) is 18.2 Å². The van der Waals surface area contributed by atoms with Gasteiger partial charge < -0.3 is 5.32 Å². The van der Waals surface area contributed by atoms with E-state index in [1.807, 2.05) is 37.3 Å². The van der Waals surface area contributed by atoms with Crippen LogP contribution in [0.4, 0.5) is 4.79 Å². The largest absolute Gasteiger partial charge is 0.325 e. The Morgan fingerprint density at radius 1 is 1.24 bits per heavy atom. The van der Waals surface area contributed by atoms with Crippen molar-refractivity contribution in [1.82, 2.24) is 10.2 Å². The minimum Gasteiger partial charge on any atom is -0.319 e. The van der Waals surface area contributed by atoms with Crippen molar-refractivity contribution in [3.05, 3.63) is 35.9 Å². The van der Waals surface area contributed by atoms with E-state index in [2.05, 4.69) is 5.32 Å². The topological polar surface area (TPSA) is 66.5 Å². The van der Waals surface area contributed by atoms with Gasteiger partial charge in [-0.3, -0.25) is 14.5 Å². The van der Waals surface area contributed by atoms with Crippen molar-refractivity contribution in [2.75, 3.05) is 6.54 Å². The van der Waals surface area contributed by atoms with Gasteiger partial charge in [0, 0.05) is 0 Å². The molecule has 3 amide bonds. The van der Waals surface area contributed by atoms with Crippen molar-refractivity contribution in [2.45, 2.75) is 38.6 Å². The van der Waals surface area contributed by atoms with Crippen molar-refractivity contribution in [2.24, 2.45) is 0 Å². The number of nitrogens with zero attached hydrogens (tertiary/aromatic N) is 1. The molecule has 1 N–H and O–H groups in total. The van der Waals surface area contributed by atoms with Gasteiger partial charge in [-0.15, -0.1) is 0 Å². The predicted octanol–water partition coefficient (Wildman–Crippen LogP) is 2.21. The maximum atomic E-state index is 12.8. The molecule has 0 saturated carbocycles. The molecule has 0 aliphatic carbocycles. The lowest BCUT2D eigenvalue weighted by Crippen LogP contribution is -2.44. The standard InChI is InChI=1S/C16H20N2O3/c1-3-4-10-16(13-8-6-5-7-9-13)14(20)18(11-12(2)19)15(21)17-16/h5-9H,3-4,10-11H2,1-2H3,(H,17,21). The summed E-state index contributed by atoms with van der Waals surface area (Å²) in [7, 11) is 0. The number of imide groups is 1.